The molecule has 0 saturated carbocycles. The Morgan fingerprint density at radius 1 is 0.688 bits per heavy atom. The zero-order valence-corrected chi connectivity index (χ0v) is 19.9. The van der Waals surface area contributed by atoms with Crippen molar-refractivity contribution >= 4 is 39.5 Å². The predicted molar refractivity (Wildman–Crippen MR) is 132 cm³/mol. The molecular weight excluding hydrogens is 444 g/mol. The monoisotopic (exact) mass is 470 g/mol. The van der Waals surface area contributed by atoms with E-state index < -0.39 is 0 Å². The first kappa shape index (κ1) is 25.5. The Labute approximate surface area is 197 Å². The Bertz CT molecular complexity index is 899. The largest absolute Gasteiger partial charge is 0.493 e. The summed E-state index contributed by atoms with van der Waals surface area (Å²) in [6.07, 6.45) is 0. The van der Waals surface area contributed by atoms with Gasteiger partial charge in [-0.25, -0.2) is 0 Å². The van der Waals surface area contributed by atoms with Gasteiger partial charge in [-0.05, 0) is 73.5 Å². The molecule has 0 bridgehead atoms. The van der Waals surface area contributed by atoms with Gasteiger partial charge in [-0.15, -0.1) is 0 Å². The van der Waals surface area contributed by atoms with Crippen LogP contribution in [0.25, 0.3) is 0 Å². The first-order chi connectivity index (χ1) is 15.3. The molecule has 0 amide bonds. The second-order valence-corrected chi connectivity index (χ2v) is 9.04. The Morgan fingerprint density at radius 3 is 1.34 bits per heavy atom. The third-order valence-corrected chi connectivity index (χ3v) is 6.06. The molecule has 2 aromatic carbocycles. The molecular formula is C25H26O5S2. The van der Waals surface area contributed by atoms with E-state index in [2.05, 4.69) is 13.2 Å². The smallest absolute Gasteiger partial charge is 0.214 e. The van der Waals surface area contributed by atoms with Gasteiger partial charge >= 0.3 is 0 Å². The topological polar surface area (TPSA) is 69.7 Å². The molecule has 0 aliphatic carbocycles. The summed E-state index contributed by atoms with van der Waals surface area (Å²) in [6, 6.07) is 13.8. The van der Waals surface area contributed by atoms with Crippen molar-refractivity contribution in [1.29, 1.82) is 0 Å². The van der Waals surface area contributed by atoms with Gasteiger partial charge in [0.05, 0.1) is 13.2 Å². The van der Waals surface area contributed by atoms with Crippen LogP contribution < -0.4 is 9.47 Å². The molecule has 0 spiro atoms. The first-order valence-electron chi connectivity index (χ1n) is 9.93. The van der Waals surface area contributed by atoms with E-state index in [1.807, 2.05) is 0 Å². The fourth-order valence-electron chi connectivity index (χ4n) is 2.41. The number of ether oxygens (including phenoxy) is 2. The summed E-state index contributed by atoms with van der Waals surface area (Å²) < 4.78 is 11.2. The molecule has 0 saturated heterocycles. The summed E-state index contributed by atoms with van der Waals surface area (Å²) in [5.41, 5.74) is 2.14. The minimum absolute atomic E-state index is 0.0391. The zero-order valence-electron chi connectivity index (χ0n) is 18.2. The molecule has 0 unspecified atom stereocenters. The normalized spacial score (nSPS) is 10.3. The summed E-state index contributed by atoms with van der Waals surface area (Å²) in [6.45, 7) is 11.4. The lowest BCUT2D eigenvalue weighted by Gasteiger charge is -2.08. The van der Waals surface area contributed by atoms with Gasteiger partial charge in [0.15, 0.2) is 5.78 Å². The van der Waals surface area contributed by atoms with Crippen molar-refractivity contribution in [1.82, 2.24) is 0 Å². The predicted octanol–water partition coefficient (Wildman–Crippen LogP) is 5.35. The molecule has 2 rings (SSSR count). The maximum Gasteiger partial charge on any atom is 0.214 e. The average Bonchev–Trinajstić information content (AvgIpc) is 2.79. The van der Waals surface area contributed by atoms with Gasteiger partial charge in [0, 0.05) is 22.6 Å². The molecule has 0 fully saturated rings. The number of ketones is 1. The van der Waals surface area contributed by atoms with Crippen molar-refractivity contribution in [3.63, 3.8) is 0 Å². The summed E-state index contributed by atoms with van der Waals surface area (Å²) in [5.74, 6) is 2.23. The van der Waals surface area contributed by atoms with Gasteiger partial charge in [-0.1, -0.05) is 36.7 Å². The van der Waals surface area contributed by atoms with Crippen molar-refractivity contribution in [2.75, 3.05) is 24.7 Å². The van der Waals surface area contributed by atoms with E-state index >= 15 is 0 Å². The van der Waals surface area contributed by atoms with Gasteiger partial charge < -0.3 is 9.47 Å². The number of carbonyl (C=O) groups is 3. The summed E-state index contributed by atoms with van der Waals surface area (Å²) >= 11 is 2.34. The number of thioether (sulfide) groups is 2. The SMILES string of the molecule is C=C(C)C(=O)SCCOc1ccc(C(=O)c2ccc(OCCSC(=O)C(=C)C)cc2)cc1. The van der Waals surface area contributed by atoms with Gasteiger partial charge in [0.25, 0.3) is 0 Å². The maximum absolute atomic E-state index is 12.7. The number of rotatable bonds is 12. The van der Waals surface area contributed by atoms with Crippen LogP contribution in [0.4, 0.5) is 0 Å². The maximum atomic E-state index is 12.7. The minimum Gasteiger partial charge on any atom is -0.493 e. The van der Waals surface area contributed by atoms with E-state index in [4.69, 9.17) is 9.47 Å². The third kappa shape index (κ3) is 8.40. The van der Waals surface area contributed by atoms with Crippen LogP contribution >= 0.6 is 23.5 Å². The Kier molecular flexibility index (Phi) is 10.3. The highest BCUT2D eigenvalue weighted by molar-refractivity contribution is 8.14. The van der Waals surface area contributed by atoms with Crippen molar-refractivity contribution in [2.45, 2.75) is 13.8 Å². The average molecular weight is 471 g/mol. The second-order valence-electron chi connectivity index (χ2n) is 6.91. The summed E-state index contributed by atoms with van der Waals surface area (Å²) in [7, 11) is 0. The van der Waals surface area contributed by atoms with E-state index in [1.54, 1.807) is 62.4 Å². The van der Waals surface area contributed by atoms with Gasteiger partial charge in [0.2, 0.25) is 10.2 Å². The molecule has 0 aliphatic rings. The van der Waals surface area contributed by atoms with Gasteiger partial charge in [0.1, 0.15) is 11.5 Å². The van der Waals surface area contributed by atoms with Crippen LogP contribution in [-0.2, 0) is 9.59 Å². The van der Waals surface area contributed by atoms with Crippen molar-refractivity contribution < 1.29 is 23.9 Å². The summed E-state index contributed by atoms with van der Waals surface area (Å²) in [5, 5.41) is -0.0783. The molecule has 7 heteroatoms. The fourth-order valence-corrected chi connectivity index (χ4v) is 3.60. The van der Waals surface area contributed by atoms with E-state index in [-0.39, 0.29) is 16.0 Å². The van der Waals surface area contributed by atoms with Crippen LogP contribution in [-0.4, -0.2) is 40.7 Å². The van der Waals surface area contributed by atoms with Crippen molar-refractivity contribution in [3.05, 3.63) is 84.0 Å². The lowest BCUT2D eigenvalue weighted by atomic mass is 10.0. The van der Waals surface area contributed by atoms with E-state index in [0.717, 1.165) is 0 Å². The Morgan fingerprint density at radius 2 is 1.03 bits per heavy atom. The third-order valence-electron chi connectivity index (χ3n) is 4.10. The standard InChI is InChI=1S/C25H26O5S2/c1-17(2)24(27)31-15-13-29-21-9-5-19(6-10-21)23(26)20-7-11-22(12-8-20)30-14-16-32-25(28)18(3)4/h5-12H,1,3,13-16H2,2,4H3. The summed E-state index contributed by atoms with van der Waals surface area (Å²) in [4.78, 5) is 35.7. The highest BCUT2D eigenvalue weighted by Crippen LogP contribution is 2.19. The van der Waals surface area contributed by atoms with Gasteiger partial charge in [-0.3, -0.25) is 14.4 Å². The van der Waals surface area contributed by atoms with Crippen LogP contribution in [0.3, 0.4) is 0 Å². The van der Waals surface area contributed by atoms with Crippen molar-refractivity contribution in [2.24, 2.45) is 0 Å². The van der Waals surface area contributed by atoms with Crippen LogP contribution in [0.1, 0.15) is 29.8 Å². The lowest BCUT2D eigenvalue weighted by molar-refractivity contribution is -0.108. The zero-order chi connectivity index (χ0) is 23.5. The molecule has 0 N–H and O–H groups in total. The van der Waals surface area contributed by atoms with E-state index in [0.29, 0.717) is 58.5 Å². The highest BCUT2D eigenvalue weighted by Gasteiger charge is 2.10. The molecule has 0 aromatic heterocycles. The van der Waals surface area contributed by atoms with Crippen LogP contribution in [0, 0.1) is 0 Å². The van der Waals surface area contributed by atoms with Crippen LogP contribution in [0.5, 0.6) is 11.5 Å². The number of hydrogen-bond acceptors (Lipinski definition) is 7. The molecule has 0 heterocycles. The van der Waals surface area contributed by atoms with Crippen molar-refractivity contribution in [3.8, 4) is 11.5 Å². The molecule has 0 atom stereocenters. The number of benzene rings is 2. The molecule has 2 aromatic rings. The Hall–Kier alpha value is -2.77. The molecule has 0 aliphatic heterocycles. The second kappa shape index (κ2) is 12.9. The lowest BCUT2D eigenvalue weighted by Crippen LogP contribution is -2.05. The van der Waals surface area contributed by atoms with Gasteiger partial charge in [-0.2, -0.15) is 0 Å². The number of hydrogen-bond donors (Lipinski definition) is 0. The molecule has 32 heavy (non-hydrogen) atoms. The minimum atomic E-state index is -0.103. The fraction of sp³-hybridized carbons (Fsp3) is 0.240. The molecule has 0 radical (unpaired) electrons. The van der Waals surface area contributed by atoms with E-state index in [1.165, 1.54) is 23.5 Å². The van der Waals surface area contributed by atoms with Crippen LogP contribution in [0.15, 0.2) is 72.8 Å². The Balaban J connectivity index is 1.81. The van der Waals surface area contributed by atoms with E-state index in [9.17, 15) is 14.4 Å². The first-order valence-corrected chi connectivity index (χ1v) is 11.9. The molecule has 5 nitrogen and oxygen atoms in total. The molecule has 168 valence electrons. The quantitative estimate of drug-likeness (QED) is 0.235. The number of carbonyl (C=O) groups excluding carboxylic acids is 3. The highest BCUT2D eigenvalue weighted by atomic mass is 32.2. The van der Waals surface area contributed by atoms with Crippen LogP contribution in [0.2, 0.25) is 0 Å².